The Morgan fingerprint density at radius 2 is 1.64 bits per heavy atom. The Kier molecular flexibility index (Phi) is 10.6. The molecule has 1 unspecified atom stereocenters. The van der Waals surface area contributed by atoms with E-state index in [0.717, 1.165) is 35.6 Å². The Bertz CT molecular complexity index is 1520. The number of benzene rings is 3. The van der Waals surface area contributed by atoms with Crippen molar-refractivity contribution in [2.24, 2.45) is 0 Å². The van der Waals surface area contributed by atoms with Gasteiger partial charge < -0.3 is 10.2 Å². The molecule has 7 nitrogen and oxygen atoms in total. The lowest BCUT2D eigenvalue weighted by atomic mass is 10.1. The van der Waals surface area contributed by atoms with Crippen LogP contribution in [0.2, 0.25) is 10.0 Å². The van der Waals surface area contributed by atoms with E-state index in [4.69, 9.17) is 23.2 Å². The van der Waals surface area contributed by atoms with E-state index < -0.39 is 28.5 Å². The average molecular weight is 631 g/mol. The van der Waals surface area contributed by atoms with E-state index in [1.807, 2.05) is 19.9 Å². The molecule has 0 bridgehead atoms. The van der Waals surface area contributed by atoms with Crippen molar-refractivity contribution in [2.75, 3.05) is 10.8 Å². The van der Waals surface area contributed by atoms with Crippen LogP contribution in [0.25, 0.3) is 0 Å². The van der Waals surface area contributed by atoms with Gasteiger partial charge in [-0.05, 0) is 80.6 Å². The molecule has 10 heteroatoms. The summed E-state index contributed by atoms with van der Waals surface area (Å²) in [4.78, 5) is 29.3. The average Bonchev–Trinajstić information content (AvgIpc) is 3.46. The lowest BCUT2D eigenvalue weighted by Gasteiger charge is -2.34. The van der Waals surface area contributed by atoms with Gasteiger partial charge in [-0.3, -0.25) is 13.9 Å². The van der Waals surface area contributed by atoms with Crippen molar-refractivity contribution >= 4 is 50.7 Å². The molecule has 1 N–H and O–H groups in total. The number of halogens is 2. The van der Waals surface area contributed by atoms with Crippen LogP contribution in [0.1, 0.15) is 55.7 Å². The van der Waals surface area contributed by atoms with Crippen molar-refractivity contribution in [3.8, 4) is 0 Å². The zero-order valence-corrected chi connectivity index (χ0v) is 26.5. The molecule has 224 valence electrons. The van der Waals surface area contributed by atoms with Gasteiger partial charge in [0, 0.05) is 22.6 Å². The van der Waals surface area contributed by atoms with Gasteiger partial charge in [-0.2, -0.15) is 0 Å². The predicted molar refractivity (Wildman–Crippen MR) is 168 cm³/mol. The Morgan fingerprint density at radius 1 is 0.976 bits per heavy atom. The highest BCUT2D eigenvalue weighted by molar-refractivity contribution is 7.92. The molecule has 3 aromatic carbocycles. The maximum absolute atomic E-state index is 14.3. The molecule has 1 atom stereocenters. The molecule has 0 aromatic heterocycles. The number of nitrogens with zero attached hydrogens (tertiary/aromatic N) is 2. The molecule has 1 saturated carbocycles. The number of rotatable bonds is 11. The molecule has 0 radical (unpaired) electrons. The Balaban J connectivity index is 1.75. The summed E-state index contributed by atoms with van der Waals surface area (Å²) in [7, 11) is -4.17. The first-order chi connectivity index (χ1) is 20.0. The smallest absolute Gasteiger partial charge is 0.264 e. The van der Waals surface area contributed by atoms with E-state index in [9.17, 15) is 18.0 Å². The van der Waals surface area contributed by atoms with Crippen LogP contribution in [0, 0.1) is 13.8 Å². The lowest BCUT2D eigenvalue weighted by molar-refractivity contribution is -0.140. The van der Waals surface area contributed by atoms with Gasteiger partial charge in [0.05, 0.1) is 10.6 Å². The number of carbonyl (C=O) groups is 2. The first-order valence-electron chi connectivity index (χ1n) is 14.2. The summed E-state index contributed by atoms with van der Waals surface area (Å²) >= 11 is 12.7. The minimum Gasteiger partial charge on any atom is -0.352 e. The molecule has 1 aliphatic rings. The van der Waals surface area contributed by atoms with Gasteiger partial charge >= 0.3 is 0 Å². The number of nitrogens with one attached hydrogen (secondary N) is 1. The van der Waals surface area contributed by atoms with Crippen LogP contribution < -0.4 is 9.62 Å². The minimum absolute atomic E-state index is 0.0487. The highest BCUT2D eigenvalue weighted by Gasteiger charge is 2.35. The SMILES string of the molecule is CCC(C(=O)NC1CCCC1)N(Cc1ccccc1Cl)C(=O)CN(c1ccc(Cl)cc1C)S(=O)(=O)c1ccc(C)cc1. The molecular formula is C32H37Cl2N3O4S. The molecule has 0 saturated heterocycles. The zero-order valence-electron chi connectivity index (χ0n) is 24.1. The number of carbonyl (C=O) groups excluding carboxylic acids is 2. The summed E-state index contributed by atoms with van der Waals surface area (Å²) in [5, 5.41) is 4.02. The van der Waals surface area contributed by atoms with Gasteiger partial charge in [-0.15, -0.1) is 0 Å². The summed E-state index contributed by atoms with van der Waals surface area (Å²) in [6.45, 7) is 4.99. The third-order valence-electron chi connectivity index (χ3n) is 7.70. The van der Waals surface area contributed by atoms with E-state index in [1.54, 1.807) is 55.5 Å². The number of sulfonamides is 1. The Hall–Kier alpha value is -3.07. The standard InChI is InChI=1S/C32H37Cl2N3O4S/c1-4-29(32(39)35-26-10-6-7-11-26)36(20-24-9-5-8-12-28(24)34)31(38)21-37(30-18-15-25(33)19-23(30)3)42(40,41)27-16-13-22(2)14-17-27/h5,8-9,12-19,26,29H,4,6-7,10-11,20-21H2,1-3H3,(H,35,39). The van der Waals surface area contributed by atoms with E-state index >= 15 is 0 Å². The molecule has 0 spiro atoms. The van der Waals surface area contributed by atoms with Crippen LogP contribution in [0.4, 0.5) is 5.69 Å². The summed E-state index contributed by atoms with van der Waals surface area (Å²) < 4.78 is 29.3. The molecule has 2 amide bonds. The van der Waals surface area contributed by atoms with Crippen LogP contribution in [0.5, 0.6) is 0 Å². The second-order valence-corrected chi connectivity index (χ2v) is 13.5. The lowest BCUT2D eigenvalue weighted by Crippen LogP contribution is -2.53. The number of amides is 2. The van der Waals surface area contributed by atoms with Gasteiger partial charge in [0.1, 0.15) is 12.6 Å². The van der Waals surface area contributed by atoms with Crippen molar-refractivity contribution in [1.29, 1.82) is 0 Å². The maximum atomic E-state index is 14.3. The van der Waals surface area contributed by atoms with Crippen molar-refractivity contribution in [3.63, 3.8) is 0 Å². The summed E-state index contributed by atoms with van der Waals surface area (Å²) in [6, 6.07) is 17.7. The summed E-state index contributed by atoms with van der Waals surface area (Å²) in [6.07, 6.45) is 4.25. The molecular weight excluding hydrogens is 593 g/mol. The van der Waals surface area contributed by atoms with E-state index in [0.29, 0.717) is 33.3 Å². The van der Waals surface area contributed by atoms with Crippen LogP contribution in [0.15, 0.2) is 71.6 Å². The van der Waals surface area contributed by atoms with Gasteiger partial charge in [0.15, 0.2) is 0 Å². The second-order valence-electron chi connectivity index (χ2n) is 10.8. The fourth-order valence-electron chi connectivity index (χ4n) is 5.35. The molecule has 1 fully saturated rings. The molecule has 3 aromatic rings. The predicted octanol–water partition coefficient (Wildman–Crippen LogP) is 6.67. The van der Waals surface area contributed by atoms with E-state index in [-0.39, 0.29) is 23.4 Å². The summed E-state index contributed by atoms with van der Waals surface area (Å²) in [5.74, 6) is -0.770. The fourth-order valence-corrected chi connectivity index (χ4v) is 7.25. The molecule has 42 heavy (non-hydrogen) atoms. The largest absolute Gasteiger partial charge is 0.352 e. The van der Waals surface area contributed by atoms with Crippen LogP contribution in [0.3, 0.4) is 0 Å². The summed E-state index contributed by atoms with van der Waals surface area (Å²) in [5.41, 5.74) is 2.49. The fraction of sp³-hybridized carbons (Fsp3) is 0.375. The van der Waals surface area contributed by atoms with E-state index in [2.05, 4.69) is 5.32 Å². The van der Waals surface area contributed by atoms with Crippen LogP contribution in [-0.4, -0.2) is 43.8 Å². The third-order valence-corrected chi connectivity index (χ3v) is 10.1. The van der Waals surface area contributed by atoms with E-state index in [1.165, 1.54) is 17.0 Å². The maximum Gasteiger partial charge on any atom is 0.264 e. The van der Waals surface area contributed by atoms with Gasteiger partial charge in [0.25, 0.3) is 10.0 Å². The molecule has 0 aliphatic heterocycles. The number of hydrogen-bond donors (Lipinski definition) is 1. The van der Waals surface area contributed by atoms with Crippen molar-refractivity contribution < 1.29 is 18.0 Å². The van der Waals surface area contributed by atoms with Crippen LogP contribution in [-0.2, 0) is 26.2 Å². The topological polar surface area (TPSA) is 86.8 Å². The van der Waals surface area contributed by atoms with Gasteiger partial charge in [-0.25, -0.2) is 8.42 Å². The second kappa shape index (κ2) is 13.9. The first-order valence-corrected chi connectivity index (χ1v) is 16.4. The number of anilines is 1. The van der Waals surface area contributed by atoms with Crippen molar-refractivity contribution in [3.05, 3.63) is 93.5 Å². The monoisotopic (exact) mass is 629 g/mol. The zero-order chi connectivity index (χ0) is 30.4. The molecule has 0 heterocycles. The van der Waals surface area contributed by atoms with Gasteiger partial charge in [0.2, 0.25) is 11.8 Å². The highest BCUT2D eigenvalue weighted by atomic mass is 35.5. The third kappa shape index (κ3) is 7.46. The minimum atomic E-state index is -4.17. The van der Waals surface area contributed by atoms with Crippen molar-refractivity contribution in [2.45, 2.75) is 76.4 Å². The van der Waals surface area contributed by atoms with Crippen molar-refractivity contribution in [1.82, 2.24) is 10.2 Å². The molecule has 4 rings (SSSR count). The molecule has 1 aliphatic carbocycles. The Morgan fingerprint density at radius 3 is 2.26 bits per heavy atom. The normalized spacial score (nSPS) is 14.4. The first kappa shape index (κ1) is 31.9. The highest BCUT2D eigenvalue weighted by Crippen LogP contribution is 2.30. The number of aryl methyl sites for hydroxylation is 2. The van der Waals surface area contributed by atoms with Crippen LogP contribution >= 0.6 is 23.2 Å². The number of hydrogen-bond acceptors (Lipinski definition) is 4. The quantitative estimate of drug-likeness (QED) is 0.256. The Labute approximate surface area is 258 Å². The van der Waals surface area contributed by atoms with Gasteiger partial charge in [-0.1, -0.05) is 78.9 Å².